The fraction of sp³-hybridized carbons (Fsp3) is 0.667. The zero-order valence-electron chi connectivity index (χ0n) is 17.9. The average molecular weight is 537 g/mol. The Bertz CT molecular complexity index is 608. The maximum atomic E-state index is 12.3. The van der Waals surface area contributed by atoms with Gasteiger partial charge in [-0.15, -0.1) is 24.0 Å². The first-order chi connectivity index (χ1) is 13.6. The number of benzene rings is 1. The molecular weight excluding hydrogens is 499 g/mol. The molecule has 0 spiro atoms. The second kappa shape index (κ2) is 15.1. The molecule has 2 N–H and O–H groups in total. The van der Waals surface area contributed by atoms with E-state index in [0.29, 0.717) is 24.4 Å². The van der Waals surface area contributed by atoms with Crippen molar-refractivity contribution < 1.29 is 8.95 Å². The van der Waals surface area contributed by atoms with Gasteiger partial charge in [0.05, 0.1) is 30.1 Å². The van der Waals surface area contributed by atoms with E-state index in [1.54, 1.807) is 0 Å². The van der Waals surface area contributed by atoms with E-state index in [4.69, 9.17) is 4.74 Å². The number of nitrogens with one attached hydrogen (secondary N) is 2. The van der Waals surface area contributed by atoms with Crippen molar-refractivity contribution in [2.24, 2.45) is 4.99 Å². The molecule has 0 saturated carbocycles. The van der Waals surface area contributed by atoms with E-state index >= 15 is 0 Å². The maximum Gasteiger partial charge on any atom is 0.191 e. The summed E-state index contributed by atoms with van der Waals surface area (Å²) in [6, 6.07) is 10.0. The minimum absolute atomic E-state index is 0. The number of likely N-dealkylation sites (tertiary alicyclic amines) is 1. The standard InChI is InChI=1S/C21H36N4O2S.HI/c1-4-22-21(23-12-17-28(26)20-8-6-5-7-9-20)24-19-10-13-25(14-11-19)15-16-27-18(2)3;/h5-9,18-19H,4,10-17H2,1-3H3,(H2,22,23,24);1H. The third-order valence-corrected chi connectivity index (χ3v) is 6.04. The van der Waals surface area contributed by atoms with Crippen LogP contribution in [-0.2, 0) is 15.5 Å². The van der Waals surface area contributed by atoms with Crippen LogP contribution in [0.5, 0.6) is 0 Å². The quantitative estimate of drug-likeness (QED) is 0.274. The molecule has 1 atom stereocenters. The molecule has 1 aromatic rings. The number of rotatable bonds is 10. The van der Waals surface area contributed by atoms with Gasteiger partial charge in [-0.25, -0.2) is 0 Å². The molecular formula is C21H37IN4O2S. The third kappa shape index (κ3) is 10.8. The Morgan fingerprint density at radius 2 is 1.97 bits per heavy atom. The van der Waals surface area contributed by atoms with Gasteiger partial charge in [-0.2, -0.15) is 0 Å². The molecule has 29 heavy (non-hydrogen) atoms. The summed E-state index contributed by atoms with van der Waals surface area (Å²) in [5, 5.41) is 6.85. The summed E-state index contributed by atoms with van der Waals surface area (Å²) >= 11 is 0. The first-order valence-electron chi connectivity index (χ1n) is 10.4. The molecule has 1 aromatic carbocycles. The maximum absolute atomic E-state index is 12.3. The molecule has 1 fully saturated rings. The summed E-state index contributed by atoms with van der Waals surface area (Å²) in [7, 11) is -1.00. The van der Waals surface area contributed by atoms with Gasteiger partial charge in [0.25, 0.3) is 0 Å². The van der Waals surface area contributed by atoms with Crippen molar-refractivity contribution in [3.05, 3.63) is 30.3 Å². The van der Waals surface area contributed by atoms with Crippen molar-refractivity contribution in [3.63, 3.8) is 0 Å². The van der Waals surface area contributed by atoms with Crippen LogP contribution in [0.25, 0.3) is 0 Å². The molecule has 6 nitrogen and oxygen atoms in total. The molecule has 0 aliphatic carbocycles. The fourth-order valence-electron chi connectivity index (χ4n) is 3.16. The summed E-state index contributed by atoms with van der Waals surface area (Å²) in [5.74, 6) is 1.36. The van der Waals surface area contributed by atoms with E-state index in [0.717, 1.165) is 56.5 Å². The van der Waals surface area contributed by atoms with Crippen LogP contribution in [0.4, 0.5) is 0 Å². The Morgan fingerprint density at radius 3 is 2.59 bits per heavy atom. The molecule has 166 valence electrons. The van der Waals surface area contributed by atoms with Gasteiger partial charge >= 0.3 is 0 Å². The topological polar surface area (TPSA) is 66.0 Å². The molecule has 1 aliphatic heterocycles. The number of halogens is 1. The van der Waals surface area contributed by atoms with Crippen LogP contribution < -0.4 is 10.6 Å². The average Bonchev–Trinajstić information content (AvgIpc) is 2.70. The minimum atomic E-state index is -1.00. The normalized spacial score (nSPS) is 17.0. The number of aliphatic imine (C=N–C) groups is 1. The number of ether oxygens (including phenoxy) is 1. The van der Waals surface area contributed by atoms with Gasteiger partial charge in [0.1, 0.15) is 0 Å². The lowest BCUT2D eigenvalue weighted by Gasteiger charge is -2.33. The predicted octanol–water partition coefficient (Wildman–Crippen LogP) is 2.86. The monoisotopic (exact) mass is 536 g/mol. The van der Waals surface area contributed by atoms with Gasteiger partial charge in [-0.1, -0.05) is 18.2 Å². The molecule has 0 radical (unpaired) electrons. The number of piperidine rings is 1. The van der Waals surface area contributed by atoms with E-state index in [9.17, 15) is 4.21 Å². The number of hydrogen-bond acceptors (Lipinski definition) is 4. The summed E-state index contributed by atoms with van der Waals surface area (Å²) < 4.78 is 18.0. The Labute approximate surface area is 195 Å². The highest BCUT2D eigenvalue weighted by Gasteiger charge is 2.19. The van der Waals surface area contributed by atoms with Crippen LogP contribution in [0.3, 0.4) is 0 Å². The molecule has 0 aromatic heterocycles. The van der Waals surface area contributed by atoms with E-state index in [1.165, 1.54) is 0 Å². The zero-order valence-corrected chi connectivity index (χ0v) is 21.1. The Morgan fingerprint density at radius 1 is 1.28 bits per heavy atom. The number of hydrogen-bond donors (Lipinski definition) is 2. The fourth-order valence-corrected chi connectivity index (χ4v) is 4.12. The highest BCUT2D eigenvalue weighted by Crippen LogP contribution is 2.10. The van der Waals surface area contributed by atoms with Crippen molar-refractivity contribution in [1.29, 1.82) is 0 Å². The molecule has 1 unspecified atom stereocenters. The van der Waals surface area contributed by atoms with Gasteiger partial charge in [0.15, 0.2) is 5.96 Å². The second-order valence-electron chi connectivity index (χ2n) is 7.30. The van der Waals surface area contributed by atoms with Gasteiger partial charge in [-0.05, 0) is 45.7 Å². The van der Waals surface area contributed by atoms with E-state index in [2.05, 4.69) is 41.3 Å². The van der Waals surface area contributed by atoms with Gasteiger partial charge in [0, 0.05) is 42.9 Å². The van der Waals surface area contributed by atoms with E-state index in [1.807, 2.05) is 30.3 Å². The van der Waals surface area contributed by atoms with Gasteiger partial charge in [0.2, 0.25) is 0 Å². The van der Waals surface area contributed by atoms with Crippen molar-refractivity contribution in [2.45, 2.75) is 50.7 Å². The van der Waals surface area contributed by atoms with E-state index < -0.39 is 10.8 Å². The molecule has 0 bridgehead atoms. The number of guanidine groups is 1. The Hall–Kier alpha value is -0.710. The van der Waals surface area contributed by atoms with Crippen LogP contribution in [0, 0.1) is 0 Å². The van der Waals surface area contributed by atoms with Crippen molar-refractivity contribution in [1.82, 2.24) is 15.5 Å². The molecule has 0 amide bonds. The van der Waals surface area contributed by atoms with Crippen molar-refractivity contribution >= 4 is 40.7 Å². The Balaban J connectivity index is 0.00000420. The van der Waals surface area contributed by atoms with E-state index in [-0.39, 0.29) is 24.0 Å². The summed E-state index contributed by atoms with van der Waals surface area (Å²) in [4.78, 5) is 7.96. The van der Waals surface area contributed by atoms with Crippen LogP contribution in [0.15, 0.2) is 40.2 Å². The van der Waals surface area contributed by atoms with Crippen LogP contribution >= 0.6 is 24.0 Å². The summed E-state index contributed by atoms with van der Waals surface area (Å²) in [6.07, 6.45) is 2.50. The molecule has 1 saturated heterocycles. The first-order valence-corrected chi connectivity index (χ1v) is 11.7. The lowest BCUT2D eigenvalue weighted by atomic mass is 10.1. The molecule has 1 aliphatic rings. The van der Waals surface area contributed by atoms with Gasteiger partial charge in [-0.3, -0.25) is 9.20 Å². The molecule has 8 heteroatoms. The molecule has 2 rings (SSSR count). The highest BCUT2D eigenvalue weighted by molar-refractivity contribution is 14.0. The Kier molecular flexibility index (Phi) is 13.7. The zero-order chi connectivity index (χ0) is 20.2. The predicted molar refractivity (Wildman–Crippen MR) is 133 cm³/mol. The van der Waals surface area contributed by atoms with Gasteiger partial charge < -0.3 is 20.3 Å². The van der Waals surface area contributed by atoms with Crippen LogP contribution in [0.1, 0.15) is 33.6 Å². The van der Waals surface area contributed by atoms with Crippen molar-refractivity contribution in [3.8, 4) is 0 Å². The number of nitrogens with zero attached hydrogens (tertiary/aromatic N) is 2. The minimum Gasteiger partial charge on any atom is -0.377 e. The highest BCUT2D eigenvalue weighted by atomic mass is 127. The third-order valence-electron chi connectivity index (χ3n) is 4.68. The smallest absolute Gasteiger partial charge is 0.191 e. The summed E-state index contributed by atoms with van der Waals surface area (Å²) in [5.41, 5.74) is 0. The summed E-state index contributed by atoms with van der Waals surface area (Å²) in [6.45, 7) is 11.5. The lowest BCUT2D eigenvalue weighted by molar-refractivity contribution is 0.0532. The van der Waals surface area contributed by atoms with Crippen LogP contribution in [-0.4, -0.2) is 72.3 Å². The SMILES string of the molecule is CCNC(=NCCS(=O)c1ccccc1)NC1CCN(CCOC(C)C)CC1.I. The first kappa shape index (κ1) is 26.3. The van der Waals surface area contributed by atoms with Crippen LogP contribution in [0.2, 0.25) is 0 Å². The second-order valence-corrected chi connectivity index (χ2v) is 8.87. The molecule has 1 heterocycles. The largest absolute Gasteiger partial charge is 0.377 e. The van der Waals surface area contributed by atoms with Crippen molar-refractivity contribution in [2.75, 3.05) is 45.1 Å². The lowest BCUT2D eigenvalue weighted by Crippen LogP contribution is -2.49.